The molecule has 1 heterocycles. The number of amides is 1. The van der Waals surface area contributed by atoms with E-state index in [0.717, 1.165) is 0 Å². The van der Waals surface area contributed by atoms with E-state index in [1.807, 2.05) is 0 Å². The first-order chi connectivity index (χ1) is 7.74. The molecule has 0 aliphatic heterocycles. The van der Waals surface area contributed by atoms with Crippen LogP contribution in [0, 0.1) is 0 Å². The highest BCUT2D eigenvalue weighted by Gasteiger charge is 2.04. The summed E-state index contributed by atoms with van der Waals surface area (Å²) in [4.78, 5) is 11.5. The van der Waals surface area contributed by atoms with Crippen molar-refractivity contribution in [2.75, 3.05) is 5.32 Å². The summed E-state index contributed by atoms with van der Waals surface area (Å²) in [5.74, 6) is -0.168. The molecule has 7 heteroatoms. The molecule has 82 valence electrons. The lowest BCUT2D eigenvalue weighted by atomic mass is 10.3. The maximum Gasteiger partial charge on any atom is 0.246 e. The van der Waals surface area contributed by atoms with E-state index in [9.17, 15) is 9.90 Å². The summed E-state index contributed by atoms with van der Waals surface area (Å²) in [7, 11) is 0. The third kappa shape index (κ3) is 2.53. The van der Waals surface area contributed by atoms with Crippen LogP contribution in [0.3, 0.4) is 0 Å². The summed E-state index contributed by atoms with van der Waals surface area (Å²) in [6.07, 6.45) is 1.35. The molecule has 7 nitrogen and oxygen atoms in total. The van der Waals surface area contributed by atoms with E-state index in [1.54, 1.807) is 12.1 Å². The van der Waals surface area contributed by atoms with Gasteiger partial charge in [-0.3, -0.25) is 4.79 Å². The van der Waals surface area contributed by atoms with Crippen molar-refractivity contribution in [2.45, 2.75) is 6.54 Å². The van der Waals surface area contributed by atoms with Gasteiger partial charge in [0.05, 0.1) is 0 Å². The maximum atomic E-state index is 11.5. The Bertz CT molecular complexity index is 482. The van der Waals surface area contributed by atoms with Crippen LogP contribution in [0.4, 0.5) is 5.69 Å². The maximum absolute atomic E-state index is 11.5. The van der Waals surface area contributed by atoms with Gasteiger partial charge in [0.2, 0.25) is 5.91 Å². The second kappa shape index (κ2) is 4.39. The Kier molecular flexibility index (Phi) is 2.77. The average Bonchev–Trinajstić information content (AvgIpc) is 2.70. The van der Waals surface area contributed by atoms with Crippen LogP contribution in [0.2, 0.25) is 0 Å². The molecule has 0 fully saturated rings. The Morgan fingerprint density at radius 1 is 1.50 bits per heavy atom. The van der Waals surface area contributed by atoms with Crippen LogP contribution in [-0.4, -0.2) is 31.2 Å². The van der Waals surface area contributed by atoms with E-state index in [1.165, 1.54) is 23.1 Å². The zero-order valence-electron chi connectivity index (χ0n) is 8.24. The zero-order chi connectivity index (χ0) is 11.4. The number of nitrogens with one attached hydrogen (secondary N) is 1. The van der Waals surface area contributed by atoms with Gasteiger partial charge in [-0.1, -0.05) is 6.07 Å². The summed E-state index contributed by atoms with van der Waals surface area (Å²) < 4.78 is 1.30. The van der Waals surface area contributed by atoms with Crippen LogP contribution in [-0.2, 0) is 11.3 Å². The van der Waals surface area contributed by atoms with E-state index < -0.39 is 0 Å². The molecule has 1 aromatic carbocycles. The molecule has 0 unspecified atom stereocenters. The number of carbonyl (C=O) groups excluding carboxylic acids is 1. The summed E-state index contributed by atoms with van der Waals surface area (Å²) in [6.45, 7) is 0.0304. The van der Waals surface area contributed by atoms with Gasteiger partial charge in [-0.05, 0) is 22.6 Å². The van der Waals surface area contributed by atoms with Gasteiger partial charge in [0.1, 0.15) is 18.6 Å². The highest BCUT2D eigenvalue weighted by Crippen LogP contribution is 2.15. The molecule has 1 amide bonds. The molecule has 1 aromatic heterocycles. The third-order valence-corrected chi connectivity index (χ3v) is 1.83. The predicted molar refractivity (Wildman–Crippen MR) is 54.6 cm³/mol. The number of tetrazole rings is 1. The first-order valence-corrected chi connectivity index (χ1v) is 4.54. The predicted octanol–water partition coefficient (Wildman–Crippen LogP) is 0.0174. The molecular formula is C9H9N5O2. The van der Waals surface area contributed by atoms with E-state index >= 15 is 0 Å². The van der Waals surface area contributed by atoms with E-state index in [-0.39, 0.29) is 18.2 Å². The van der Waals surface area contributed by atoms with Gasteiger partial charge in [0, 0.05) is 11.8 Å². The van der Waals surface area contributed by atoms with Crippen LogP contribution in [0.25, 0.3) is 0 Å². The zero-order valence-corrected chi connectivity index (χ0v) is 8.24. The third-order valence-electron chi connectivity index (χ3n) is 1.83. The van der Waals surface area contributed by atoms with Gasteiger partial charge in [0.25, 0.3) is 0 Å². The van der Waals surface area contributed by atoms with E-state index in [2.05, 4.69) is 20.8 Å². The van der Waals surface area contributed by atoms with E-state index in [0.29, 0.717) is 5.69 Å². The molecular weight excluding hydrogens is 210 g/mol. The average molecular weight is 219 g/mol. The molecule has 0 atom stereocenters. The molecule has 2 N–H and O–H groups in total. The Balaban J connectivity index is 1.97. The molecule has 0 saturated heterocycles. The van der Waals surface area contributed by atoms with Gasteiger partial charge in [-0.2, -0.15) is 0 Å². The van der Waals surface area contributed by atoms with Gasteiger partial charge >= 0.3 is 0 Å². The van der Waals surface area contributed by atoms with Crippen LogP contribution in [0.5, 0.6) is 5.75 Å². The van der Waals surface area contributed by atoms with E-state index in [4.69, 9.17) is 0 Å². The van der Waals surface area contributed by atoms with Crippen molar-refractivity contribution < 1.29 is 9.90 Å². The minimum atomic E-state index is -0.266. The molecule has 2 rings (SSSR count). The quantitative estimate of drug-likeness (QED) is 0.758. The number of nitrogens with zero attached hydrogens (tertiary/aromatic N) is 4. The number of phenols is 1. The van der Waals surface area contributed by atoms with Gasteiger partial charge < -0.3 is 10.4 Å². The molecule has 0 aliphatic carbocycles. The topological polar surface area (TPSA) is 92.9 Å². The summed E-state index contributed by atoms with van der Waals surface area (Å²) in [6, 6.07) is 6.30. The fraction of sp³-hybridized carbons (Fsp3) is 0.111. The minimum Gasteiger partial charge on any atom is -0.508 e. The summed E-state index contributed by atoms with van der Waals surface area (Å²) in [5.41, 5.74) is 0.526. The Morgan fingerprint density at radius 2 is 2.38 bits per heavy atom. The number of anilines is 1. The van der Waals surface area contributed by atoms with Crippen molar-refractivity contribution in [3.05, 3.63) is 30.6 Å². The summed E-state index contributed by atoms with van der Waals surface area (Å²) in [5, 5.41) is 22.2. The first-order valence-electron chi connectivity index (χ1n) is 4.54. The highest BCUT2D eigenvalue weighted by atomic mass is 16.3. The van der Waals surface area contributed by atoms with Crippen LogP contribution in [0.15, 0.2) is 30.6 Å². The second-order valence-corrected chi connectivity index (χ2v) is 3.11. The Morgan fingerprint density at radius 3 is 3.06 bits per heavy atom. The van der Waals surface area contributed by atoms with Crippen molar-refractivity contribution in [1.82, 2.24) is 20.2 Å². The number of benzene rings is 1. The van der Waals surface area contributed by atoms with Crippen LogP contribution >= 0.6 is 0 Å². The second-order valence-electron chi connectivity index (χ2n) is 3.11. The standard InChI is InChI=1S/C9H9N5O2/c15-8-3-1-2-7(4-8)11-9(16)5-14-6-10-12-13-14/h1-4,6,15H,5H2,(H,11,16). The first kappa shape index (κ1) is 10.1. The number of aromatic nitrogens is 4. The normalized spacial score (nSPS) is 10.0. The minimum absolute atomic E-state index is 0.0304. The Labute approximate surface area is 90.7 Å². The van der Waals surface area contributed by atoms with Crippen molar-refractivity contribution >= 4 is 11.6 Å². The van der Waals surface area contributed by atoms with Crippen molar-refractivity contribution in [1.29, 1.82) is 0 Å². The van der Waals surface area contributed by atoms with Crippen molar-refractivity contribution in [3.8, 4) is 5.75 Å². The van der Waals surface area contributed by atoms with Crippen LogP contribution in [0.1, 0.15) is 0 Å². The molecule has 0 aliphatic rings. The highest BCUT2D eigenvalue weighted by molar-refractivity contribution is 5.90. The molecule has 2 aromatic rings. The van der Waals surface area contributed by atoms with Crippen molar-refractivity contribution in [2.24, 2.45) is 0 Å². The molecule has 0 spiro atoms. The number of hydrogen-bond donors (Lipinski definition) is 2. The fourth-order valence-electron chi connectivity index (χ4n) is 1.18. The fourth-order valence-corrected chi connectivity index (χ4v) is 1.18. The monoisotopic (exact) mass is 219 g/mol. The van der Waals surface area contributed by atoms with Gasteiger partial charge in [-0.15, -0.1) is 5.10 Å². The molecule has 0 bridgehead atoms. The number of rotatable bonds is 3. The van der Waals surface area contributed by atoms with Crippen molar-refractivity contribution in [3.63, 3.8) is 0 Å². The number of hydrogen-bond acceptors (Lipinski definition) is 5. The Hall–Kier alpha value is -2.44. The molecule has 16 heavy (non-hydrogen) atoms. The number of carbonyl (C=O) groups is 1. The smallest absolute Gasteiger partial charge is 0.246 e. The number of phenolic OH excluding ortho intramolecular Hbond substituents is 1. The van der Waals surface area contributed by atoms with Crippen LogP contribution < -0.4 is 5.32 Å². The lowest BCUT2D eigenvalue weighted by Crippen LogP contribution is -2.19. The molecule has 0 saturated carbocycles. The van der Waals surface area contributed by atoms with Gasteiger partial charge in [0.15, 0.2) is 0 Å². The largest absolute Gasteiger partial charge is 0.508 e. The lowest BCUT2D eigenvalue weighted by molar-refractivity contribution is -0.116. The molecule has 0 radical (unpaired) electrons. The van der Waals surface area contributed by atoms with Gasteiger partial charge in [-0.25, -0.2) is 4.68 Å². The number of aromatic hydroxyl groups is 1. The SMILES string of the molecule is O=C(Cn1cnnn1)Nc1cccc(O)c1. The summed E-state index contributed by atoms with van der Waals surface area (Å²) >= 11 is 0. The lowest BCUT2D eigenvalue weighted by Gasteiger charge is -2.04.